The number of nitrogens with zero attached hydrogens (tertiary/aromatic N) is 2. The molecule has 0 atom stereocenters. The third kappa shape index (κ3) is 3.31. The Labute approximate surface area is 161 Å². The standard InChI is InChI=1S/C25H24N2/c1-17-11-13-20(14-12-17)23-24(21-9-5-7-18(2)15-21)27(4)25(26-23)22-10-6-8-19(3)16-22/h5-16H,1-4H3. The minimum atomic E-state index is 0.991. The van der Waals surface area contributed by atoms with E-state index >= 15 is 0 Å². The molecule has 27 heavy (non-hydrogen) atoms. The van der Waals surface area contributed by atoms with Crippen LogP contribution in [0.4, 0.5) is 0 Å². The van der Waals surface area contributed by atoms with Gasteiger partial charge in [0.15, 0.2) is 0 Å². The van der Waals surface area contributed by atoms with Crippen LogP contribution in [0.5, 0.6) is 0 Å². The number of hydrogen-bond donors (Lipinski definition) is 0. The van der Waals surface area contributed by atoms with Crippen molar-refractivity contribution in [2.24, 2.45) is 7.05 Å². The predicted octanol–water partition coefficient (Wildman–Crippen LogP) is 6.35. The fourth-order valence-electron chi connectivity index (χ4n) is 3.58. The molecule has 0 unspecified atom stereocenters. The number of aryl methyl sites for hydroxylation is 3. The molecule has 0 spiro atoms. The number of aromatic nitrogens is 2. The highest BCUT2D eigenvalue weighted by molar-refractivity contribution is 5.82. The summed E-state index contributed by atoms with van der Waals surface area (Å²) in [6, 6.07) is 25.8. The SMILES string of the molecule is Cc1ccc(-c2nc(-c3cccc(C)c3)n(C)c2-c2cccc(C)c2)cc1. The maximum absolute atomic E-state index is 5.09. The molecule has 1 aromatic heterocycles. The lowest BCUT2D eigenvalue weighted by Crippen LogP contribution is -1.96. The van der Waals surface area contributed by atoms with Crippen molar-refractivity contribution in [1.29, 1.82) is 0 Å². The van der Waals surface area contributed by atoms with Crippen molar-refractivity contribution in [3.63, 3.8) is 0 Å². The first-order chi connectivity index (χ1) is 13.0. The summed E-state index contributed by atoms with van der Waals surface area (Å²) in [6.07, 6.45) is 0. The molecular formula is C25H24N2. The number of hydrogen-bond acceptors (Lipinski definition) is 1. The summed E-state index contributed by atoms with van der Waals surface area (Å²) < 4.78 is 2.22. The van der Waals surface area contributed by atoms with Gasteiger partial charge in [0, 0.05) is 23.7 Å². The van der Waals surface area contributed by atoms with Gasteiger partial charge in [-0.15, -0.1) is 0 Å². The molecule has 0 bridgehead atoms. The van der Waals surface area contributed by atoms with Gasteiger partial charge in [-0.3, -0.25) is 0 Å². The van der Waals surface area contributed by atoms with Gasteiger partial charge in [-0.1, -0.05) is 77.4 Å². The van der Waals surface area contributed by atoms with Crippen molar-refractivity contribution in [2.75, 3.05) is 0 Å². The summed E-state index contributed by atoms with van der Waals surface area (Å²) in [7, 11) is 2.11. The Balaban J connectivity index is 1.99. The van der Waals surface area contributed by atoms with E-state index in [-0.39, 0.29) is 0 Å². The summed E-state index contributed by atoms with van der Waals surface area (Å²) >= 11 is 0. The molecule has 0 aliphatic rings. The van der Waals surface area contributed by atoms with Gasteiger partial charge in [-0.2, -0.15) is 0 Å². The zero-order chi connectivity index (χ0) is 19.0. The molecule has 0 N–H and O–H groups in total. The predicted molar refractivity (Wildman–Crippen MR) is 114 cm³/mol. The van der Waals surface area contributed by atoms with E-state index in [4.69, 9.17) is 4.98 Å². The fraction of sp³-hybridized carbons (Fsp3) is 0.160. The smallest absolute Gasteiger partial charge is 0.140 e. The monoisotopic (exact) mass is 352 g/mol. The highest BCUT2D eigenvalue weighted by atomic mass is 15.1. The Morgan fingerprint density at radius 1 is 0.630 bits per heavy atom. The highest BCUT2D eigenvalue weighted by Crippen LogP contribution is 2.36. The molecule has 4 aromatic rings. The minimum Gasteiger partial charge on any atom is -0.327 e. The van der Waals surface area contributed by atoms with Crippen molar-refractivity contribution < 1.29 is 0 Å². The average molecular weight is 352 g/mol. The maximum Gasteiger partial charge on any atom is 0.140 e. The van der Waals surface area contributed by atoms with Crippen LogP contribution in [0.1, 0.15) is 16.7 Å². The van der Waals surface area contributed by atoms with Crippen LogP contribution in [0.3, 0.4) is 0 Å². The quantitative estimate of drug-likeness (QED) is 0.420. The van der Waals surface area contributed by atoms with Crippen LogP contribution >= 0.6 is 0 Å². The van der Waals surface area contributed by atoms with Crippen LogP contribution in [0.25, 0.3) is 33.9 Å². The van der Waals surface area contributed by atoms with E-state index in [9.17, 15) is 0 Å². The van der Waals surface area contributed by atoms with E-state index in [2.05, 4.69) is 105 Å². The van der Waals surface area contributed by atoms with Crippen LogP contribution in [0.2, 0.25) is 0 Å². The van der Waals surface area contributed by atoms with Crippen LogP contribution in [-0.4, -0.2) is 9.55 Å². The molecule has 0 saturated carbocycles. The second kappa shape index (κ2) is 6.88. The van der Waals surface area contributed by atoms with Gasteiger partial charge < -0.3 is 4.57 Å². The molecule has 0 aliphatic carbocycles. The molecule has 2 heteroatoms. The first-order valence-electron chi connectivity index (χ1n) is 9.31. The number of imidazole rings is 1. The lowest BCUT2D eigenvalue weighted by Gasteiger charge is -2.09. The molecule has 0 aliphatic heterocycles. The van der Waals surface area contributed by atoms with Crippen LogP contribution in [-0.2, 0) is 7.05 Å². The zero-order valence-corrected chi connectivity index (χ0v) is 16.3. The third-order valence-electron chi connectivity index (χ3n) is 4.99. The Bertz CT molecular complexity index is 1100. The number of rotatable bonds is 3. The van der Waals surface area contributed by atoms with Crippen molar-refractivity contribution in [1.82, 2.24) is 9.55 Å². The minimum absolute atomic E-state index is 0.991. The molecule has 3 aromatic carbocycles. The molecule has 0 radical (unpaired) electrons. The van der Waals surface area contributed by atoms with Crippen LogP contribution in [0, 0.1) is 20.8 Å². The van der Waals surface area contributed by atoms with Gasteiger partial charge in [-0.25, -0.2) is 4.98 Å². The van der Waals surface area contributed by atoms with Crippen molar-refractivity contribution in [3.05, 3.63) is 89.5 Å². The van der Waals surface area contributed by atoms with Gasteiger partial charge in [0.1, 0.15) is 5.82 Å². The topological polar surface area (TPSA) is 17.8 Å². The Morgan fingerprint density at radius 2 is 1.22 bits per heavy atom. The molecule has 2 nitrogen and oxygen atoms in total. The van der Waals surface area contributed by atoms with E-state index < -0.39 is 0 Å². The van der Waals surface area contributed by atoms with Gasteiger partial charge in [0.05, 0.1) is 11.4 Å². The summed E-state index contributed by atoms with van der Waals surface area (Å²) in [5.41, 5.74) is 9.41. The second-order valence-electron chi connectivity index (χ2n) is 7.30. The van der Waals surface area contributed by atoms with E-state index in [1.165, 1.54) is 22.3 Å². The largest absolute Gasteiger partial charge is 0.327 e. The maximum atomic E-state index is 5.09. The van der Waals surface area contributed by atoms with Gasteiger partial charge in [0.2, 0.25) is 0 Å². The van der Waals surface area contributed by atoms with Gasteiger partial charge in [-0.05, 0) is 32.9 Å². The Morgan fingerprint density at radius 3 is 1.85 bits per heavy atom. The van der Waals surface area contributed by atoms with Crippen LogP contribution in [0.15, 0.2) is 72.8 Å². The molecule has 0 amide bonds. The molecular weight excluding hydrogens is 328 g/mol. The van der Waals surface area contributed by atoms with E-state index in [0.29, 0.717) is 0 Å². The Hall–Kier alpha value is -3.13. The molecule has 0 saturated heterocycles. The average Bonchev–Trinajstić information content (AvgIpc) is 2.99. The Kier molecular flexibility index (Phi) is 4.41. The van der Waals surface area contributed by atoms with Crippen molar-refractivity contribution in [2.45, 2.75) is 20.8 Å². The van der Waals surface area contributed by atoms with Crippen LogP contribution < -0.4 is 0 Å². The first kappa shape index (κ1) is 17.3. The normalized spacial score (nSPS) is 11.0. The highest BCUT2D eigenvalue weighted by Gasteiger charge is 2.19. The third-order valence-corrected chi connectivity index (χ3v) is 4.99. The summed E-state index contributed by atoms with van der Waals surface area (Å²) in [6.45, 7) is 6.36. The van der Waals surface area contributed by atoms with Gasteiger partial charge >= 0.3 is 0 Å². The first-order valence-corrected chi connectivity index (χ1v) is 9.31. The van der Waals surface area contributed by atoms with E-state index in [0.717, 1.165) is 28.3 Å². The lowest BCUT2D eigenvalue weighted by atomic mass is 10.0. The summed E-state index contributed by atoms with van der Waals surface area (Å²) in [5, 5.41) is 0. The second-order valence-corrected chi connectivity index (χ2v) is 7.30. The lowest BCUT2D eigenvalue weighted by molar-refractivity contribution is 0.932. The molecule has 134 valence electrons. The van der Waals surface area contributed by atoms with Gasteiger partial charge in [0.25, 0.3) is 0 Å². The number of benzene rings is 3. The molecule has 1 heterocycles. The fourth-order valence-corrected chi connectivity index (χ4v) is 3.58. The molecule has 0 fully saturated rings. The summed E-state index contributed by atoms with van der Waals surface area (Å²) in [5.74, 6) is 0.991. The van der Waals surface area contributed by atoms with E-state index in [1.54, 1.807) is 0 Å². The van der Waals surface area contributed by atoms with Crippen molar-refractivity contribution >= 4 is 0 Å². The van der Waals surface area contributed by atoms with Crippen molar-refractivity contribution in [3.8, 4) is 33.9 Å². The summed E-state index contributed by atoms with van der Waals surface area (Å²) in [4.78, 5) is 5.09. The zero-order valence-electron chi connectivity index (χ0n) is 16.3. The molecule has 4 rings (SSSR count). The van der Waals surface area contributed by atoms with E-state index in [1.807, 2.05) is 0 Å².